The molecule has 0 aliphatic carbocycles. The fourth-order valence-corrected chi connectivity index (χ4v) is 1.56. The summed E-state index contributed by atoms with van der Waals surface area (Å²) < 4.78 is 0. The topological polar surface area (TPSA) is 46.2 Å². The van der Waals surface area contributed by atoms with Gasteiger partial charge in [0, 0.05) is 5.88 Å². The SMILES string of the molecule is O=C1NC(=O)c2cc(/C=C/CCl)ccc21. The molecule has 0 spiro atoms. The van der Waals surface area contributed by atoms with Crippen LogP contribution in [0.2, 0.25) is 0 Å². The summed E-state index contributed by atoms with van der Waals surface area (Å²) in [5.74, 6) is -0.249. The number of allylic oxidation sites excluding steroid dienone is 1. The molecule has 1 aliphatic heterocycles. The molecule has 0 aromatic heterocycles. The molecule has 1 aliphatic rings. The first-order chi connectivity index (χ1) is 7.22. The van der Waals surface area contributed by atoms with Crippen molar-refractivity contribution in [2.45, 2.75) is 0 Å². The Morgan fingerprint density at radius 3 is 2.67 bits per heavy atom. The van der Waals surface area contributed by atoms with Gasteiger partial charge in [-0.2, -0.15) is 0 Å². The number of benzene rings is 1. The maximum Gasteiger partial charge on any atom is 0.258 e. The van der Waals surface area contributed by atoms with E-state index in [1.54, 1.807) is 24.3 Å². The standard InChI is InChI=1S/C11H8ClNO2/c12-5-1-2-7-3-4-8-9(6-7)11(15)13-10(8)14/h1-4,6H,5H2,(H,13,14,15)/b2-1+. The number of imide groups is 1. The van der Waals surface area contributed by atoms with E-state index in [1.807, 2.05) is 6.08 Å². The van der Waals surface area contributed by atoms with Crippen molar-refractivity contribution < 1.29 is 9.59 Å². The van der Waals surface area contributed by atoms with Crippen LogP contribution >= 0.6 is 11.6 Å². The first-order valence-corrected chi connectivity index (χ1v) is 4.98. The molecule has 0 radical (unpaired) electrons. The molecule has 2 rings (SSSR count). The molecule has 15 heavy (non-hydrogen) atoms. The zero-order valence-corrected chi connectivity index (χ0v) is 8.54. The van der Waals surface area contributed by atoms with Crippen LogP contribution in [0.1, 0.15) is 26.3 Å². The number of alkyl halides is 1. The molecule has 0 atom stereocenters. The Bertz CT molecular complexity index is 466. The Morgan fingerprint density at radius 2 is 1.93 bits per heavy atom. The number of nitrogens with one attached hydrogen (secondary N) is 1. The molecule has 0 bridgehead atoms. The van der Waals surface area contributed by atoms with Crippen LogP contribution in [-0.4, -0.2) is 17.7 Å². The third kappa shape index (κ3) is 1.78. The highest BCUT2D eigenvalue weighted by molar-refractivity contribution is 6.21. The minimum atomic E-state index is -0.337. The van der Waals surface area contributed by atoms with Crippen molar-refractivity contribution in [2.75, 3.05) is 5.88 Å². The van der Waals surface area contributed by atoms with Gasteiger partial charge < -0.3 is 0 Å². The van der Waals surface area contributed by atoms with Crippen LogP contribution in [0.5, 0.6) is 0 Å². The van der Waals surface area contributed by atoms with E-state index >= 15 is 0 Å². The summed E-state index contributed by atoms with van der Waals surface area (Å²) in [4.78, 5) is 22.6. The van der Waals surface area contributed by atoms with Gasteiger partial charge in [0.15, 0.2) is 0 Å². The second kappa shape index (κ2) is 3.87. The molecule has 0 unspecified atom stereocenters. The van der Waals surface area contributed by atoms with E-state index in [4.69, 9.17) is 11.6 Å². The number of amides is 2. The zero-order chi connectivity index (χ0) is 10.8. The molecule has 76 valence electrons. The normalized spacial score (nSPS) is 14.5. The summed E-state index contributed by atoms with van der Waals surface area (Å²) >= 11 is 5.50. The molecule has 1 heterocycles. The van der Waals surface area contributed by atoms with Crippen LogP contribution in [-0.2, 0) is 0 Å². The summed E-state index contributed by atoms with van der Waals surface area (Å²) in [5, 5.41) is 2.24. The first kappa shape index (κ1) is 9.93. The van der Waals surface area contributed by atoms with Gasteiger partial charge in [-0.15, -0.1) is 11.6 Å². The number of fused-ring (bicyclic) bond motifs is 1. The van der Waals surface area contributed by atoms with Crippen molar-refractivity contribution in [2.24, 2.45) is 0 Å². The fraction of sp³-hybridized carbons (Fsp3) is 0.0909. The highest BCUT2D eigenvalue weighted by Gasteiger charge is 2.26. The van der Waals surface area contributed by atoms with E-state index in [2.05, 4.69) is 5.32 Å². The lowest BCUT2D eigenvalue weighted by atomic mass is 10.1. The van der Waals surface area contributed by atoms with Gasteiger partial charge in [0.1, 0.15) is 0 Å². The maximum atomic E-state index is 11.3. The van der Waals surface area contributed by atoms with Crippen LogP contribution in [0.4, 0.5) is 0 Å². The lowest BCUT2D eigenvalue weighted by molar-refractivity contribution is 0.0879. The Labute approximate surface area is 91.7 Å². The molecule has 0 saturated carbocycles. The van der Waals surface area contributed by atoms with Crippen molar-refractivity contribution in [1.29, 1.82) is 0 Å². The number of hydrogen-bond donors (Lipinski definition) is 1. The second-order valence-corrected chi connectivity index (χ2v) is 3.45. The zero-order valence-electron chi connectivity index (χ0n) is 7.79. The number of hydrogen-bond acceptors (Lipinski definition) is 2. The molecule has 4 heteroatoms. The van der Waals surface area contributed by atoms with Gasteiger partial charge in [-0.25, -0.2) is 0 Å². The van der Waals surface area contributed by atoms with E-state index < -0.39 is 0 Å². The monoisotopic (exact) mass is 221 g/mol. The summed E-state index contributed by atoms with van der Waals surface area (Å²) in [7, 11) is 0. The summed E-state index contributed by atoms with van der Waals surface area (Å²) in [6, 6.07) is 5.10. The third-order valence-electron chi connectivity index (χ3n) is 2.16. The van der Waals surface area contributed by atoms with Crippen LogP contribution < -0.4 is 5.32 Å². The number of carbonyl (C=O) groups excluding carboxylic acids is 2. The molecule has 0 saturated heterocycles. The molecule has 3 nitrogen and oxygen atoms in total. The van der Waals surface area contributed by atoms with E-state index in [0.717, 1.165) is 5.56 Å². The Kier molecular flexibility index (Phi) is 2.56. The molecular weight excluding hydrogens is 214 g/mol. The molecular formula is C11H8ClNO2. The van der Waals surface area contributed by atoms with E-state index in [-0.39, 0.29) is 11.8 Å². The maximum absolute atomic E-state index is 11.3. The van der Waals surface area contributed by atoms with Gasteiger partial charge in [-0.1, -0.05) is 18.2 Å². The minimum absolute atomic E-state index is 0.331. The quantitative estimate of drug-likeness (QED) is 0.612. The minimum Gasteiger partial charge on any atom is -0.288 e. The third-order valence-corrected chi connectivity index (χ3v) is 2.34. The molecule has 1 aromatic rings. The molecule has 0 fully saturated rings. The van der Waals surface area contributed by atoms with Gasteiger partial charge in [0.05, 0.1) is 11.1 Å². The van der Waals surface area contributed by atoms with Crippen molar-refractivity contribution >= 4 is 29.5 Å². The smallest absolute Gasteiger partial charge is 0.258 e. The van der Waals surface area contributed by atoms with Crippen LogP contribution in [0.15, 0.2) is 24.3 Å². The van der Waals surface area contributed by atoms with E-state index in [9.17, 15) is 9.59 Å². The second-order valence-electron chi connectivity index (χ2n) is 3.14. The average Bonchev–Trinajstić information content (AvgIpc) is 2.52. The van der Waals surface area contributed by atoms with E-state index in [1.165, 1.54) is 0 Å². The van der Waals surface area contributed by atoms with Crippen LogP contribution in [0, 0.1) is 0 Å². The molecule has 1 aromatic carbocycles. The lowest BCUT2D eigenvalue weighted by Gasteiger charge is -1.96. The Balaban J connectivity index is 2.43. The van der Waals surface area contributed by atoms with Crippen molar-refractivity contribution in [3.05, 3.63) is 41.0 Å². The molecule has 2 amide bonds. The predicted octanol–water partition coefficient (Wildman–Crippen LogP) is 1.82. The van der Waals surface area contributed by atoms with Crippen molar-refractivity contribution in [1.82, 2.24) is 5.32 Å². The van der Waals surface area contributed by atoms with Gasteiger partial charge in [0.2, 0.25) is 0 Å². The van der Waals surface area contributed by atoms with Crippen molar-refractivity contribution in [3.63, 3.8) is 0 Å². The van der Waals surface area contributed by atoms with Gasteiger partial charge in [-0.05, 0) is 17.7 Å². The fourth-order valence-electron chi connectivity index (χ4n) is 1.47. The number of halogens is 1. The van der Waals surface area contributed by atoms with Crippen LogP contribution in [0.3, 0.4) is 0 Å². The van der Waals surface area contributed by atoms with Gasteiger partial charge in [0.25, 0.3) is 11.8 Å². The average molecular weight is 222 g/mol. The van der Waals surface area contributed by atoms with E-state index in [0.29, 0.717) is 17.0 Å². The largest absolute Gasteiger partial charge is 0.288 e. The highest BCUT2D eigenvalue weighted by atomic mass is 35.5. The lowest BCUT2D eigenvalue weighted by Crippen LogP contribution is -2.19. The highest BCUT2D eigenvalue weighted by Crippen LogP contribution is 2.18. The number of rotatable bonds is 2. The van der Waals surface area contributed by atoms with Gasteiger partial charge in [-0.3, -0.25) is 14.9 Å². The summed E-state index contributed by atoms with van der Waals surface area (Å²) in [5.41, 5.74) is 1.72. The number of carbonyl (C=O) groups is 2. The molecule has 1 N–H and O–H groups in total. The summed E-state index contributed by atoms with van der Waals surface area (Å²) in [6.45, 7) is 0. The predicted molar refractivity (Wildman–Crippen MR) is 58.0 cm³/mol. The Morgan fingerprint density at radius 1 is 1.20 bits per heavy atom. The van der Waals surface area contributed by atoms with Gasteiger partial charge >= 0.3 is 0 Å². The first-order valence-electron chi connectivity index (χ1n) is 4.44. The Hall–Kier alpha value is -1.61. The van der Waals surface area contributed by atoms with Crippen molar-refractivity contribution in [3.8, 4) is 0 Å². The summed E-state index contributed by atoms with van der Waals surface area (Å²) in [6.07, 6.45) is 3.58. The van der Waals surface area contributed by atoms with Crippen LogP contribution in [0.25, 0.3) is 6.08 Å².